The van der Waals surface area contributed by atoms with Crippen LogP contribution >= 0.6 is 23.2 Å². The molecular formula is C29H23Cl2NO7. The Balaban J connectivity index is 1.71. The molecule has 1 N–H and O–H groups in total. The molecule has 0 saturated carbocycles. The third-order valence-corrected chi connectivity index (χ3v) is 7.29. The molecule has 200 valence electrons. The van der Waals surface area contributed by atoms with Crippen molar-refractivity contribution in [1.29, 1.82) is 0 Å². The lowest BCUT2D eigenvalue weighted by Gasteiger charge is -2.28. The van der Waals surface area contributed by atoms with Gasteiger partial charge in [0.15, 0.2) is 34.4 Å². The van der Waals surface area contributed by atoms with Gasteiger partial charge in [-0.15, -0.1) is 0 Å². The molecule has 1 aromatic heterocycles. The van der Waals surface area contributed by atoms with E-state index in [4.69, 9.17) is 41.8 Å². The molecule has 0 saturated heterocycles. The van der Waals surface area contributed by atoms with Crippen LogP contribution in [0.2, 0.25) is 10.0 Å². The lowest BCUT2D eigenvalue weighted by Crippen LogP contribution is -2.31. The quantitative estimate of drug-likeness (QED) is 0.243. The predicted octanol–water partition coefficient (Wildman–Crippen LogP) is 6.86. The Morgan fingerprint density at radius 1 is 0.949 bits per heavy atom. The fraction of sp³-hybridized carbons (Fsp3) is 0.172. The Bertz CT molecular complexity index is 1670. The Kier molecular flexibility index (Phi) is 6.92. The topological polar surface area (TPSA) is 98.4 Å². The Morgan fingerprint density at radius 3 is 2.36 bits per heavy atom. The molecule has 3 aromatic carbocycles. The van der Waals surface area contributed by atoms with Crippen LogP contribution in [0.1, 0.15) is 27.7 Å². The van der Waals surface area contributed by atoms with E-state index in [1.807, 2.05) is 0 Å². The molecule has 2 heterocycles. The van der Waals surface area contributed by atoms with Crippen LogP contribution in [-0.4, -0.2) is 38.1 Å². The maximum Gasteiger partial charge on any atom is 0.294 e. The van der Waals surface area contributed by atoms with E-state index in [0.717, 1.165) is 0 Å². The number of halogens is 2. The highest BCUT2D eigenvalue weighted by Crippen LogP contribution is 2.46. The van der Waals surface area contributed by atoms with E-state index in [9.17, 15) is 14.7 Å². The molecule has 10 heteroatoms. The van der Waals surface area contributed by atoms with Gasteiger partial charge in [-0.25, -0.2) is 0 Å². The number of fused-ring (bicyclic) bond motifs is 1. The molecule has 0 fully saturated rings. The van der Waals surface area contributed by atoms with Gasteiger partial charge in [0.2, 0.25) is 5.78 Å². The zero-order chi connectivity index (χ0) is 28.0. The number of aliphatic hydroxyl groups is 1. The van der Waals surface area contributed by atoms with Gasteiger partial charge in [0.25, 0.3) is 5.91 Å². The van der Waals surface area contributed by atoms with E-state index in [1.54, 1.807) is 55.5 Å². The average Bonchev–Trinajstić information content (AvgIpc) is 3.47. The lowest BCUT2D eigenvalue weighted by molar-refractivity contribution is -0.117. The summed E-state index contributed by atoms with van der Waals surface area (Å²) in [6.07, 6.45) is 0. The molecule has 4 aromatic rings. The summed E-state index contributed by atoms with van der Waals surface area (Å²) >= 11 is 12.6. The van der Waals surface area contributed by atoms with Crippen LogP contribution in [0.3, 0.4) is 0 Å². The van der Waals surface area contributed by atoms with Gasteiger partial charge in [0, 0.05) is 27.2 Å². The van der Waals surface area contributed by atoms with Crippen LogP contribution in [0.4, 0.5) is 5.69 Å². The normalized spacial score (nSPS) is 15.3. The largest absolute Gasteiger partial charge is 0.503 e. The number of amides is 1. The van der Waals surface area contributed by atoms with Gasteiger partial charge in [0.05, 0.1) is 32.9 Å². The molecule has 1 aliphatic heterocycles. The first-order chi connectivity index (χ1) is 18.7. The molecule has 39 heavy (non-hydrogen) atoms. The smallest absolute Gasteiger partial charge is 0.294 e. The number of aliphatic hydroxyl groups excluding tert-OH is 1. The van der Waals surface area contributed by atoms with Crippen LogP contribution < -0.4 is 19.1 Å². The number of hydrogen-bond acceptors (Lipinski definition) is 7. The zero-order valence-electron chi connectivity index (χ0n) is 21.4. The highest BCUT2D eigenvalue weighted by atomic mass is 35.5. The Hall–Kier alpha value is -4.14. The number of ketones is 1. The van der Waals surface area contributed by atoms with Gasteiger partial charge >= 0.3 is 0 Å². The number of carbonyl (C=O) groups is 2. The molecule has 1 amide bonds. The Labute approximate surface area is 233 Å². The first kappa shape index (κ1) is 26.5. The predicted molar refractivity (Wildman–Crippen MR) is 148 cm³/mol. The number of benzene rings is 3. The van der Waals surface area contributed by atoms with E-state index in [1.165, 1.54) is 32.3 Å². The summed E-state index contributed by atoms with van der Waals surface area (Å²) in [5, 5.41) is 12.5. The van der Waals surface area contributed by atoms with Crippen LogP contribution in [0.5, 0.6) is 17.2 Å². The Morgan fingerprint density at radius 2 is 1.67 bits per heavy atom. The number of carbonyl (C=O) groups excluding carboxylic acids is 2. The highest BCUT2D eigenvalue weighted by Gasteiger charge is 2.46. The summed E-state index contributed by atoms with van der Waals surface area (Å²) in [7, 11) is 4.44. The second-order valence-electron chi connectivity index (χ2n) is 8.80. The highest BCUT2D eigenvalue weighted by molar-refractivity contribution is 6.32. The molecular weight excluding hydrogens is 545 g/mol. The molecule has 5 rings (SSSR count). The van der Waals surface area contributed by atoms with E-state index >= 15 is 0 Å². The minimum absolute atomic E-state index is 0.102. The standard InChI is InChI=1S/C29H23Cl2NO7/c1-14-18(31)6-5-7-19(14)32-25(15-8-9-20(36-2)21(11-15)37-3)24(27(34)29(32)35)26(33)22-12-16-10-17(30)13-23(38-4)28(16)39-22/h5-13,25,34H,1-4H3. The van der Waals surface area contributed by atoms with Gasteiger partial charge in [-0.2, -0.15) is 0 Å². The van der Waals surface area contributed by atoms with Crippen molar-refractivity contribution in [2.75, 3.05) is 26.2 Å². The van der Waals surface area contributed by atoms with Gasteiger partial charge in [-0.05, 0) is 54.4 Å². The maximum absolute atomic E-state index is 14.0. The summed E-state index contributed by atoms with van der Waals surface area (Å²) in [4.78, 5) is 28.9. The summed E-state index contributed by atoms with van der Waals surface area (Å²) in [6.45, 7) is 1.75. The second-order valence-corrected chi connectivity index (χ2v) is 9.65. The fourth-order valence-corrected chi connectivity index (χ4v) is 5.15. The first-order valence-electron chi connectivity index (χ1n) is 11.8. The van der Waals surface area contributed by atoms with Gasteiger partial charge in [0.1, 0.15) is 0 Å². The molecule has 1 unspecified atom stereocenters. The summed E-state index contributed by atoms with van der Waals surface area (Å²) in [6, 6.07) is 13.7. The lowest BCUT2D eigenvalue weighted by atomic mass is 9.94. The van der Waals surface area contributed by atoms with Crippen molar-refractivity contribution in [2.45, 2.75) is 13.0 Å². The summed E-state index contributed by atoms with van der Waals surface area (Å²) in [5.74, 6) is -1.08. The number of Topliss-reactive ketones (excluding diaryl/α,β-unsaturated/α-hetero) is 1. The average molecular weight is 568 g/mol. The first-order valence-corrected chi connectivity index (χ1v) is 12.5. The summed E-state index contributed by atoms with van der Waals surface area (Å²) < 4.78 is 22.1. The van der Waals surface area contributed by atoms with Crippen LogP contribution in [0, 0.1) is 6.92 Å². The van der Waals surface area contributed by atoms with Crippen LogP contribution in [-0.2, 0) is 4.79 Å². The summed E-state index contributed by atoms with van der Waals surface area (Å²) in [5.41, 5.74) is 1.65. The van der Waals surface area contributed by atoms with Crippen molar-refractivity contribution in [1.82, 2.24) is 0 Å². The zero-order valence-corrected chi connectivity index (χ0v) is 22.9. The number of hydrogen-bond donors (Lipinski definition) is 1. The maximum atomic E-state index is 14.0. The number of furan rings is 1. The molecule has 8 nitrogen and oxygen atoms in total. The number of nitrogens with zero attached hydrogens (tertiary/aromatic N) is 1. The molecule has 0 spiro atoms. The van der Waals surface area contributed by atoms with Crippen LogP contribution in [0.25, 0.3) is 11.0 Å². The van der Waals surface area contributed by atoms with Gasteiger partial charge in [-0.3, -0.25) is 14.5 Å². The van der Waals surface area contributed by atoms with Crippen molar-refractivity contribution in [3.8, 4) is 17.2 Å². The van der Waals surface area contributed by atoms with Crippen LogP contribution in [0.15, 0.2) is 70.3 Å². The van der Waals surface area contributed by atoms with Crippen molar-refractivity contribution in [2.24, 2.45) is 0 Å². The number of rotatable bonds is 7. The van der Waals surface area contributed by atoms with E-state index in [0.29, 0.717) is 55.1 Å². The minimum atomic E-state index is -1.04. The number of ether oxygens (including phenoxy) is 3. The van der Waals surface area contributed by atoms with Crippen molar-refractivity contribution in [3.63, 3.8) is 0 Å². The molecule has 0 aliphatic carbocycles. The van der Waals surface area contributed by atoms with E-state index < -0.39 is 23.5 Å². The fourth-order valence-electron chi connectivity index (χ4n) is 4.76. The molecule has 0 bridgehead atoms. The van der Waals surface area contributed by atoms with Crippen molar-refractivity contribution in [3.05, 3.63) is 92.9 Å². The second kappa shape index (κ2) is 10.2. The third-order valence-electron chi connectivity index (χ3n) is 6.67. The number of anilines is 1. The minimum Gasteiger partial charge on any atom is -0.503 e. The number of methoxy groups -OCH3 is 3. The molecule has 0 radical (unpaired) electrons. The van der Waals surface area contributed by atoms with E-state index in [-0.39, 0.29) is 11.3 Å². The van der Waals surface area contributed by atoms with E-state index in [2.05, 4.69) is 0 Å². The molecule has 1 atom stereocenters. The van der Waals surface area contributed by atoms with Crippen molar-refractivity contribution < 1.29 is 33.3 Å². The SMILES string of the molecule is COc1ccc(C2C(C(=O)c3cc4cc(Cl)cc(OC)c4o3)=C(O)C(=O)N2c2cccc(Cl)c2C)cc1OC. The molecule has 1 aliphatic rings. The monoisotopic (exact) mass is 567 g/mol. The van der Waals surface area contributed by atoms with Gasteiger partial charge < -0.3 is 23.7 Å². The van der Waals surface area contributed by atoms with Crippen molar-refractivity contribution >= 4 is 51.5 Å². The third kappa shape index (κ3) is 4.35. The van der Waals surface area contributed by atoms with Gasteiger partial charge in [-0.1, -0.05) is 35.3 Å².